The third-order valence-electron chi connectivity index (χ3n) is 4.38. The Hall–Kier alpha value is -2.63. The molecule has 132 valence electrons. The van der Waals surface area contributed by atoms with E-state index in [0.717, 1.165) is 41.6 Å². The molecule has 1 aliphatic heterocycles. The van der Waals surface area contributed by atoms with Gasteiger partial charge in [-0.05, 0) is 43.0 Å². The van der Waals surface area contributed by atoms with Crippen LogP contribution >= 0.6 is 0 Å². The number of ether oxygens (including phenoxy) is 1. The zero-order valence-electron chi connectivity index (χ0n) is 14.8. The molecule has 0 atom stereocenters. The number of hydrogen-bond acceptors (Lipinski definition) is 5. The summed E-state index contributed by atoms with van der Waals surface area (Å²) in [5, 5.41) is 2.93. The van der Waals surface area contributed by atoms with Crippen LogP contribution in [-0.4, -0.2) is 36.1 Å². The molecule has 1 aromatic carbocycles. The molecule has 3 rings (SSSR count). The third-order valence-corrected chi connectivity index (χ3v) is 4.38. The van der Waals surface area contributed by atoms with Gasteiger partial charge in [0.25, 0.3) is 0 Å². The number of benzene rings is 1. The number of carbonyl (C=O) groups is 1. The summed E-state index contributed by atoms with van der Waals surface area (Å²) >= 11 is 0. The van der Waals surface area contributed by atoms with E-state index in [1.807, 2.05) is 31.2 Å². The van der Waals surface area contributed by atoms with Crippen molar-refractivity contribution in [1.82, 2.24) is 15.3 Å². The number of anilines is 1. The SMILES string of the molecule is COc1ccc(CC(=O)NCc2ccnc(N3CCCC3)n2)cc1C. The normalized spacial score (nSPS) is 13.8. The van der Waals surface area contributed by atoms with Gasteiger partial charge in [0, 0.05) is 19.3 Å². The first-order chi connectivity index (χ1) is 12.2. The van der Waals surface area contributed by atoms with E-state index in [-0.39, 0.29) is 5.91 Å². The molecule has 1 N–H and O–H groups in total. The monoisotopic (exact) mass is 340 g/mol. The number of rotatable bonds is 6. The standard InChI is InChI=1S/C19H24N4O2/c1-14-11-15(5-6-17(14)25-2)12-18(24)21-13-16-7-8-20-19(22-16)23-9-3-4-10-23/h5-8,11H,3-4,9-10,12-13H2,1-2H3,(H,21,24). The molecular weight excluding hydrogens is 316 g/mol. The predicted molar refractivity (Wildman–Crippen MR) is 96.8 cm³/mol. The van der Waals surface area contributed by atoms with Gasteiger partial charge in [0.2, 0.25) is 11.9 Å². The van der Waals surface area contributed by atoms with Gasteiger partial charge in [0.1, 0.15) is 5.75 Å². The number of aromatic nitrogens is 2. The largest absolute Gasteiger partial charge is 0.496 e. The van der Waals surface area contributed by atoms with Crippen LogP contribution in [0.15, 0.2) is 30.5 Å². The molecule has 6 heteroatoms. The minimum atomic E-state index is -0.0223. The lowest BCUT2D eigenvalue weighted by Gasteiger charge is -2.15. The van der Waals surface area contributed by atoms with Gasteiger partial charge in [-0.1, -0.05) is 12.1 Å². The Morgan fingerprint density at radius 3 is 2.80 bits per heavy atom. The maximum atomic E-state index is 12.2. The van der Waals surface area contributed by atoms with E-state index in [1.165, 1.54) is 12.8 Å². The number of nitrogens with one attached hydrogen (secondary N) is 1. The van der Waals surface area contributed by atoms with Gasteiger partial charge in [-0.25, -0.2) is 9.97 Å². The lowest BCUT2D eigenvalue weighted by atomic mass is 10.1. The fourth-order valence-corrected chi connectivity index (χ4v) is 3.04. The Balaban J connectivity index is 1.55. The van der Waals surface area contributed by atoms with E-state index in [4.69, 9.17) is 4.74 Å². The number of carbonyl (C=O) groups excluding carboxylic acids is 1. The van der Waals surface area contributed by atoms with Crippen molar-refractivity contribution in [2.45, 2.75) is 32.7 Å². The Labute approximate surface area is 148 Å². The first-order valence-corrected chi connectivity index (χ1v) is 8.63. The average molecular weight is 340 g/mol. The molecule has 0 unspecified atom stereocenters. The van der Waals surface area contributed by atoms with Crippen LogP contribution in [0.1, 0.15) is 29.7 Å². The van der Waals surface area contributed by atoms with Crippen molar-refractivity contribution < 1.29 is 9.53 Å². The van der Waals surface area contributed by atoms with Crippen molar-refractivity contribution in [2.24, 2.45) is 0 Å². The highest BCUT2D eigenvalue weighted by Crippen LogP contribution is 2.19. The van der Waals surface area contributed by atoms with Gasteiger partial charge in [0.15, 0.2) is 0 Å². The Morgan fingerprint density at radius 2 is 2.08 bits per heavy atom. The highest BCUT2D eigenvalue weighted by molar-refractivity contribution is 5.78. The number of hydrogen-bond donors (Lipinski definition) is 1. The molecule has 25 heavy (non-hydrogen) atoms. The topological polar surface area (TPSA) is 67.3 Å². The molecule has 1 saturated heterocycles. The van der Waals surface area contributed by atoms with Gasteiger partial charge in [-0.15, -0.1) is 0 Å². The Morgan fingerprint density at radius 1 is 1.28 bits per heavy atom. The molecule has 1 aliphatic rings. The zero-order valence-corrected chi connectivity index (χ0v) is 14.8. The van der Waals surface area contributed by atoms with Gasteiger partial charge in [0.05, 0.1) is 25.8 Å². The summed E-state index contributed by atoms with van der Waals surface area (Å²) in [5.74, 6) is 1.57. The van der Waals surface area contributed by atoms with Crippen LogP contribution in [0.4, 0.5) is 5.95 Å². The molecule has 1 amide bonds. The van der Waals surface area contributed by atoms with Crippen LogP contribution in [0.5, 0.6) is 5.75 Å². The fraction of sp³-hybridized carbons (Fsp3) is 0.421. The summed E-state index contributed by atoms with van der Waals surface area (Å²) < 4.78 is 5.24. The molecule has 0 bridgehead atoms. The molecule has 1 aromatic heterocycles. The lowest BCUT2D eigenvalue weighted by molar-refractivity contribution is -0.120. The van der Waals surface area contributed by atoms with E-state index in [9.17, 15) is 4.79 Å². The van der Waals surface area contributed by atoms with Crippen LogP contribution in [0.2, 0.25) is 0 Å². The maximum Gasteiger partial charge on any atom is 0.225 e. The molecule has 6 nitrogen and oxygen atoms in total. The zero-order chi connectivity index (χ0) is 17.6. The molecule has 0 aliphatic carbocycles. The summed E-state index contributed by atoms with van der Waals surface area (Å²) in [7, 11) is 1.65. The highest BCUT2D eigenvalue weighted by Gasteiger charge is 2.15. The van der Waals surface area contributed by atoms with E-state index < -0.39 is 0 Å². The van der Waals surface area contributed by atoms with E-state index in [2.05, 4.69) is 20.2 Å². The molecule has 0 saturated carbocycles. The first kappa shape index (κ1) is 17.2. The van der Waals surface area contributed by atoms with Crippen LogP contribution in [0.25, 0.3) is 0 Å². The van der Waals surface area contributed by atoms with Gasteiger partial charge in [-0.3, -0.25) is 4.79 Å². The molecular formula is C19H24N4O2. The van der Waals surface area contributed by atoms with Crippen molar-refractivity contribution in [2.75, 3.05) is 25.1 Å². The molecule has 0 radical (unpaired) electrons. The van der Waals surface area contributed by atoms with Gasteiger partial charge in [-0.2, -0.15) is 0 Å². The second-order valence-electron chi connectivity index (χ2n) is 6.30. The second kappa shape index (κ2) is 7.96. The second-order valence-corrected chi connectivity index (χ2v) is 6.30. The lowest BCUT2D eigenvalue weighted by Crippen LogP contribution is -2.26. The number of amides is 1. The summed E-state index contributed by atoms with van der Waals surface area (Å²) in [5.41, 5.74) is 2.83. The Kier molecular flexibility index (Phi) is 5.48. The van der Waals surface area contributed by atoms with Crippen LogP contribution in [-0.2, 0) is 17.8 Å². The number of nitrogens with zero attached hydrogens (tertiary/aromatic N) is 3. The van der Waals surface area contributed by atoms with Crippen molar-refractivity contribution in [3.8, 4) is 5.75 Å². The van der Waals surface area contributed by atoms with Crippen molar-refractivity contribution >= 4 is 11.9 Å². The van der Waals surface area contributed by atoms with E-state index in [0.29, 0.717) is 13.0 Å². The predicted octanol–water partition coefficient (Wildman–Crippen LogP) is 2.25. The first-order valence-electron chi connectivity index (χ1n) is 8.63. The van der Waals surface area contributed by atoms with Gasteiger partial charge < -0.3 is 15.0 Å². The van der Waals surface area contributed by atoms with Crippen LogP contribution in [0.3, 0.4) is 0 Å². The Bertz CT molecular complexity index is 742. The van der Waals surface area contributed by atoms with Crippen molar-refractivity contribution in [3.63, 3.8) is 0 Å². The molecule has 1 fully saturated rings. The van der Waals surface area contributed by atoms with Crippen LogP contribution < -0.4 is 15.0 Å². The minimum absolute atomic E-state index is 0.0223. The number of methoxy groups -OCH3 is 1. The fourth-order valence-electron chi connectivity index (χ4n) is 3.04. The average Bonchev–Trinajstić information content (AvgIpc) is 3.15. The van der Waals surface area contributed by atoms with E-state index in [1.54, 1.807) is 13.3 Å². The third kappa shape index (κ3) is 4.47. The summed E-state index contributed by atoms with van der Waals surface area (Å²) in [6.07, 6.45) is 4.47. The van der Waals surface area contributed by atoms with E-state index >= 15 is 0 Å². The molecule has 0 spiro atoms. The van der Waals surface area contributed by atoms with Crippen LogP contribution in [0, 0.1) is 6.92 Å². The molecule has 2 aromatic rings. The number of aryl methyl sites for hydroxylation is 1. The summed E-state index contributed by atoms with van der Waals surface area (Å²) in [4.78, 5) is 23.3. The quantitative estimate of drug-likeness (QED) is 0.874. The maximum absolute atomic E-state index is 12.2. The van der Waals surface area contributed by atoms with Crippen molar-refractivity contribution in [3.05, 3.63) is 47.3 Å². The van der Waals surface area contributed by atoms with Crippen molar-refractivity contribution in [1.29, 1.82) is 0 Å². The minimum Gasteiger partial charge on any atom is -0.496 e. The smallest absolute Gasteiger partial charge is 0.225 e. The highest BCUT2D eigenvalue weighted by atomic mass is 16.5. The summed E-state index contributed by atoms with van der Waals surface area (Å²) in [6, 6.07) is 7.64. The van der Waals surface area contributed by atoms with Gasteiger partial charge >= 0.3 is 0 Å². The molecule has 2 heterocycles. The summed E-state index contributed by atoms with van der Waals surface area (Å²) in [6.45, 7) is 4.40.